The minimum Gasteiger partial charge on any atom is -0.376 e. The van der Waals surface area contributed by atoms with E-state index < -0.39 is 0 Å². The van der Waals surface area contributed by atoms with Crippen LogP contribution >= 0.6 is 0 Å². The fourth-order valence-corrected chi connectivity index (χ4v) is 2.10. The van der Waals surface area contributed by atoms with Gasteiger partial charge in [0.25, 0.3) is 0 Å². The molecule has 92 valence electrons. The molecule has 0 aromatic rings. The number of aliphatic imine (C=N–C) groups is 1. The highest BCUT2D eigenvalue weighted by atomic mass is 16.5. The minimum absolute atomic E-state index is 0.474. The SMILES string of the molecule is NC(=NCCOC1CCCCC1)NC1CC1. The first kappa shape index (κ1) is 11.7. The number of nitrogens with two attached hydrogens (primary N) is 1. The molecule has 2 rings (SSSR count). The highest BCUT2D eigenvalue weighted by molar-refractivity contribution is 5.78. The molecule has 0 saturated heterocycles. The third-order valence-corrected chi connectivity index (χ3v) is 3.21. The Hall–Kier alpha value is -0.770. The normalized spacial score (nSPS) is 23.4. The Balaban J connectivity index is 1.52. The molecule has 2 saturated carbocycles. The monoisotopic (exact) mass is 225 g/mol. The molecule has 0 aromatic heterocycles. The van der Waals surface area contributed by atoms with Gasteiger partial charge < -0.3 is 15.8 Å². The van der Waals surface area contributed by atoms with Crippen LogP contribution in [0.4, 0.5) is 0 Å². The van der Waals surface area contributed by atoms with Gasteiger partial charge in [0.1, 0.15) is 0 Å². The quantitative estimate of drug-likeness (QED) is 0.422. The summed E-state index contributed by atoms with van der Waals surface area (Å²) < 4.78 is 5.76. The van der Waals surface area contributed by atoms with Gasteiger partial charge >= 0.3 is 0 Å². The van der Waals surface area contributed by atoms with Crippen LogP contribution in [-0.2, 0) is 4.74 Å². The summed E-state index contributed by atoms with van der Waals surface area (Å²) in [5.41, 5.74) is 5.72. The lowest BCUT2D eigenvalue weighted by Crippen LogP contribution is -2.33. The molecule has 2 aliphatic carbocycles. The molecule has 4 heteroatoms. The molecule has 0 radical (unpaired) electrons. The van der Waals surface area contributed by atoms with Gasteiger partial charge in [-0.25, -0.2) is 0 Å². The third-order valence-electron chi connectivity index (χ3n) is 3.21. The van der Waals surface area contributed by atoms with E-state index in [-0.39, 0.29) is 0 Å². The molecule has 2 fully saturated rings. The van der Waals surface area contributed by atoms with E-state index in [2.05, 4.69) is 10.3 Å². The van der Waals surface area contributed by atoms with Gasteiger partial charge in [-0.2, -0.15) is 0 Å². The van der Waals surface area contributed by atoms with Crippen LogP contribution in [-0.4, -0.2) is 31.3 Å². The summed E-state index contributed by atoms with van der Waals surface area (Å²) in [6.07, 6.45) is 9.39. The second-order valence-corrected chi connectivity index (χ2v) is 4.82. The van der Waals surface area contributed by atoms with E-state index in [0.717, 1.165) is 0 Å². The van der Waals surface area contributed by atoms with Crippen molar-refractivity contribution in [2.45, 2.75) is 57.1 Å². The van der Waals surface area contributed by atoms with E-state index >= 15 is 0 Å². The molecule has 0 spiro atoms. The topological polar surface area (TPSA) is 59.6 Å². The van der Waals surface area contributed by atoms with Crippen LogP contribution in [0.25, 0.3) is 0 Å². The van der Waals surface area contributed by atoms with Crippen molar-refractivity contribution in [3.05, 3.63) is 0 Å². The van der Waals surface area contributed by atoms with Gasteiger partial charge in [0.2, 0.25) is 0 Å². The Morgan fingerprint density at radius 1 is 1.19 bits per heavy atom. The van der Waals surface area contributed by atoms with Gasteiger partial charge in [0.15, 0.2) is 5.96 Å². The lowest BCUT2D eigenvalue weighted by atomic mass is 9.98. The first-order valence-electron chi connectivity index (χ1n) is 6.52. The number of nitrogens with one attached hydrogen (secondary N) is 1. The molecule has 4 nitrogen and oxygen atoms in total. The molecule has 0 heterocycles. The highest BCUT2D eigenvalue weighted by Gasteiger charge is 2.21. The first-order valence-corrected chi connectivity index (χ1v) is 6.52. The number of nitrogens with zero attached hydrogens (tertiary/aromatic N) is 1. The summed E-state index contributed by atoms with van der Waals surface area (Å²) in [4.78, 5) is 4.25. The molecule has 0 unspecified atom stereocenters. The Morgan fingerprint density at radius 3 is 2.62 bits per heavy atom. The zero-order valence-electron chi connectivity index (χ0n) is 9.95. The van der Waals surface area contributed by atoms with Crippen LogP contribution in [0.3, 0.4) is 0 Å². The molecular weight excluding hydrogens is 202 g/mol. The average Bonchev–Trinajstić information content (AvgIpc) is 3.10. The Morgan fingerprint density at radius 2 is 1.94 bits per heavy atom. The van der Waals surface area contributed by atoms with Gasteiger partial charge in [-0.3, -0.25) is 4.99 Å². The maximum atomic E-state index is 5.76. The van der Waals surface area contributed by atoms with Crippen molar-refractivity contribution in [1.82, 2.24) is 5.32 Å². The van der Waals surface area contributed by atoms with Gasteiger partial charge in [0, 0.05) is 6.04 Å². The van der Waals surface area contributed by atoms with Crippen molar-refractivity contribution in [1.29, 1.82) is 0 Å². The molecule has 0 aliphatic heterocycles. The Labute approximate surface area is 97.6 Å². The van der Waals surface area contributed by atoms with Crippen molar-refractivity contribution in [2.24, 2.45) is 10.7 Å². The molecule has 3 N–H and O–H groups in total. The lowest BCUT2D eigenvalue weighted by molar-refractivity contribution is 0.0334. The van der Waals surface area contributed by atoms with E-state index in [0.29, 0.717) is 31.3 Å². The molecule has 0 bridgehead atoms. The van der Waals surface area contributed by atoms with Gasteiger partial charge in [-0.1, -0.05) is 19.3 Å². The largest absolute Gasteiger partial charge is 0.376 e. The molecular formula is C12H23N3O. The number of hydrogen-bond acceptors (Lipinski definition) is 2. The van der Waals surface area contributed by atoms with Gasteiger partial charge in [0.05, 0.1) is 19.3 Å². The molecule has 16 heavy (non-hydrogen) atoms. The van der Waals surface area contributed by atoms with E-state index in [4.69, 9.17) is 10.5 Å². The van der Waals surface area contributed by atoms with Crippen LogP contribution in [0.2, 0.25) is 0 Å². The second-order valence-electron chi connectivity index (χ2n) is 4.82. The van der Waals surface area contributed by atoms with Crippen molar-refractivity contribution in [3.8, 4) is 0 Å². The predicted molar refractivity (Wildman–Crippen MR) is 65.5 cm³/mol. The third kappa shape index (κ3) is 4.39. The van der Waals surface area contributed by atoms with Gasteiger partial charge in [-0.15, -0.1) is 0 Å². The summed E-state index contributed by atoms with van der Waals surface area (Å²) in [5, 5.41) is 3.16. The maximum Gasteiger partial charge on any atom is 0.188 e. The smallest absolute Gasteiger partial charge is 0.188 e. The predicted octanol–water partition coefficient (Wildman–Crippen LogP) is 1.40. The van der Waals surface area contributed by atoms with Crippen molar-refractivity contribution in [2.75, 3.05) is 13.2 Å². The van der Waals surface area contributed by atoms with Crippen LogP contribution in [0.5, 0.6) is 0 Å². The fourth-order valence-electron chi connectivity index (χ4n) is 2.10. The highest BCUT2D eigenvalue weighted by Crippen LogP contribution is 2.20. The summed E-state index contributed by atoms with van der Waals surface area (Å²) in [6, 6.07) is 0.586. The average molecular weight is 225 g/mol. The molecule has 0 atom stereocenters. The summed E-state index contributed by atoms with van der Waals surface area (Å²) in [6.45, 7) is 1.39. The minimum atomic E-state index is 0.474. The zero-order valence-corrected chi connectivity index (χ0v) is 9.95. The zero-order chi connectivity index (χ0) is 11.2. The van der Waals surface area contributed by atoms with Crippen molar-refractivity contribution < 1.29 is 4.74 Å². The van der Waals surface area contributed by atoms with Crippen LogP contribution < -0.4 is 11.1 Å². The Bertz CT molecular complexity index is 232. The number of ether oxygens (including phenoxy) is 1. The van der Waals surface area contributed by atoms with E-state index in [1.165, 1.54) is 44.9 Å². The molecule has 0 aromatic carbocycles. The summed E-state index contributed by atoms with van der Waals surface area (Å²) >= 11 is 0. The molecule has 0 amide bonds. The number of hydrogen-bond donors (Lipinski definition) is 2. The number of guanidine groups is 1. The standard InChI is InChI=1S/C12H23N3O/c13-12(15-10-6-7-10)14-8-9-16-11-4-2-1-3-5-11/h10-11H,1-9H2,(H3,13,14,15). The van der Waals surface area contributed by atoms with Crippen molar-refractivity contribution in [3.63, 3.8) is 0 Å². The number of rotatable bonds is 5. The van der Waals surface area contributed by atoms with Crippen LogP contribution in [0.15, 0.2) is 4.99 Å². The van der Waals surface area contributed by atoms with E-state index in [1.807, 2.05) is 0 Å². The summed E-state index contributed by atoms with van der Waals surface area (Å²) in [5.74, 6) is 0.578. The van der Waals surface area contributed by atoms with Gasteiger partial charge in [-0.05, 0) is 25.7 Å². The summed E-state index contributed by atoms with van der Waals surface area (Å²) in [7, 11) is 0. The van der Waals surface area contributed by atoms with E-state index in [9.17, 15) is 0 Å². The Kier molecular flexibility index (Phi) is 4.45. The van der Waals surface area contributed by atoms with Crippen LogP contribution in [0.1, 0.15) is 44.9 Å². The van der Waals surface area contributed by atoms with Crippen LogP contribution in [0, 0.1) is 0 Å². The fraction of sp³-hybridized carbons (Fsp3) is 0.917. The van der Waals surface area contributed by atoms with Crippen molar-refractivity contribution >= 4 is 5.96 Å². The maximum absolute atomic E-state index is 5.76. The molecule has 2 aliphatic rings. The lowest BCUT2D eigenvalue weighted by Gasteiger charge is -2.21. The van der Waals surface area contributed by atoms with E-state index in [1.54, 1.807) is 0 Å². The second kappa shape index (κ2) is 6.09. The first-order chi connectivity index (χ1) is 7.84.